The standard InChI is InChI=1S/C20H13ClN2O/c21-17-11-15-9-13(12-22)10-16(19(15)23-8-4-7-18(17)23)20(24)14-5-2-1-3-6-14/h1-11,20,24H. The molecule has 116 valence electrons. The van der Waals surface area contributed by atoms with Crippen LogP contribution in [-0.4, -0.2) is 9.51 Å². The summed E-state index contributed by atoms with van der Waals surface area (Å²) in [6.45, 7) is 0. The Morgan fingerprint density at radius 2 is 1.83 bits per heavy atom. The van der Waals surface area contributed by atoms with Crippen LogP contribution in [0.5, 0.6) is 0 Å². The normalized spacial score (nSPS) is 12.4. The first-order valence-corrected chi connectivity index (χ1v) is 7.93. The molecule has 4 heteroatoms. The number of nitrogens with zero attached hydrogens (tertiary/aromatic N) is 2. The van der Waals surface area contributed by atoms with Gasteiger partial charge in [-0.25, -0.2) is 0 Å². The van der Waals surface area contributed by atoms with E-state index < -0.39 is 6.10 Å². The van der Waals surface area contributed by atoms with Gasteiger partial charge in [0.2, 0.25) is 0 Å². The van der Waals surface area contributed by atoms with Crippen molar-refractivity contribution in [1.82, 2.24) is 4.40 Å². The molecule has 4 rings (SSSR count). The third kappa shape index (κ3) is 2.25. The summed E-state index contributed by atoms with van der Waals surface area (Å²) in [7, 11) is 0. The van der Waals surface area contributed by atoms with Gasteiger partial charge in [0, 0.05) is 17.1 Å². The summed E-state index contributed by atoms with van der Waals surface area (Å²) in [4.78, 5) is 0. The van der Waals surface area contributed by atoms with Crippen LogP contribution in [0.15, 0.2) is 66.9 Å². The van der Waals surface area contributed by atoms with E-state index in [0.29, 0.717) is 16.1 Å². The highest BCUT2D eigenvalue weighted by Crippen LogP contribution is 2.33. The van der Waals surface area contributed by atoms with Crippen molar-refractivity contribution in [3.05, 3.63) is 88.6 Å². The lowest BCUT2D eigenvalue weighted by Crippen LogP contribution is -2.04. The molecule has 0 aliphatic carbocycles. The highest BCUT2D eigenvalue weighted by molar-refractivity contribution is 6.34. The Morgan fingerprint density at radius 3 is 2.58 bits per heavy atom. The third-order valence-corrected chi connectivity index (χ3v) is 4.53. The van der Waals surface area contributed by atoms with E-state index in [0.717, 1.165) is 22.0 Å². The fourth-order valence-corrected chi connectivity index (χ4v) is 3.41. The van der Waals surface area contributed by atoms with E-state index in [2.05, 4.69) is 6.07 Å². The van der Waals surface area contributed by atoms with Gasteiger partial charge in [0.05, 0.1) is 27.7 Å². The highest BCUT2D eigenvalue weighted by atomic mass is 35.5. The van der Waals surface area contributed by atoms with Crippen LogP contribution >= 0.6 is 11.6 Å². The van der Waals surface area contributed by atoms with E-state index in [9.17, 15) is 10.4 Å². The maximum Gasteiger partial charge on any atom is 0.106 e. The van der Waals surface area contributed by atoms with E-state index >= 15 is 0 Å². The van der Waals surface area contributed by atoms with Gasteiger partial charge in [-0.3, -0.25) is 0 Å². The number of fused-ring (bicyclic) bond motifs is 3. The van der Waals surface area contributed by atoms with Crippen molar-refractivity contribution in [3.63, 3.8) is 0 Å². The zero-order valence-electron chi connectivity index (χ0n) is 12.6. The van der Waals surface area contributed by atoms with Crippen molar-refractivity contribution in [2.75, 3.05) is 0 Å². The number of hydrogen-bond acceptors (Lipinski definition) is 2. The average Bonchev–Trinajstić information content (AvgIpc) is 3.11. The van der Waals surface area contributed by atoms with E-state index in [-0.39, 0.29) is 0 Å². The topological polar surface area (TPSA) is 48.4 Å². The number of aliphatic hydroxyl groups excluding tert-OH is 1. The van der Waals surface area contributed by atoms with E-state index in [1.165, 1.54) is 0 Å². The largest absolute Gasteiger partial charge is 0.384 e. The molecule has 0 aliphatic heterocycles. The summed E-state index contributed by atoms with van der Waals surface area (Å²) in [5.74, 6) is 0. The molecule has 0 saturated heterocycles. The second kappa shape index (κ2) is 5.68. The molecule has 2 aromatic heterocycles. The summed E-state index contributed by atoms with van der Waals surface area (Å²) in [6, 6.07) is 20.8. The van der Waals surface area contributed by atoms with Gasteiger partial charge in [-0.15, -0.1) is 0 Å². The number of rotatable bonds is 2. The molecule has 0 saturated carbocycles. The summed E-state index contributed by atoms with van der Waals surface area (Å²) in [5, 5.41) is 21.7. The minimum Gasteiger partial charge on any atom is -0.384 e. The number of nitriles is 1. The second-order valence-corrected chi connectivity index (χ2v) is 6.09. The minimum absolute atomic E-state index is 0.495. The number of aliphatic hydroxyl groups is 1. The molecule has 4 aromatic rings. The van der Waals surface area contributed by atoms with Crippen LogP contribution < -0.4 is 0 Å². The molecule has 0 spiro atoms. The molecule has 1 atom stereocenters. The van der Waals surface area contributed by atoms with Crippen LogP contribution in [0.2, 0.25) is 5.02 Å². The third-order valence-electron chi connectivity index (χ3n) is 4.22. The van der Waals surface area contributed by atoms with Crippen molar-refractivity contribution < 1.29 is 5.11 Å². The molecule has 2 heterocycles. The first-order chi connectivity index (χ1) is 11.7. The molecule has 0 fully saturated rings. The number of aromatic nitrogens is 1. The van der Waals surface area contributed by atoms with Crippen molar-refractivity contribution in [2.24, 2.45) is 0 Å². The average molecular weight is 333 g/mol. The molecule has 0 bridgehead atoms. The molecule has 24 heavy (non-hydrogen) atoms. The molecular weight excluding hydrogens is 320 g/mol. The van der Waals surface area contributed by atoms with Gasteiger partial charge in [0.25, 0.3) is 0 Å². The van der Waals surface area contributed by atoms with E-state index in [1.807, 2.05) is 59.1 Å². The predicted molar refractivity (Wildman–Crippen MR) is 95.1 cm³/mol. The highest BCUT2D eigenvalue weighted by Gasteiger charge is 2.18. The first-order valence-electron chi connectivity index (χ1n) is 7.55. The SMILES string of the molecule is N#Cc1cc(C(O)c2ccccc2)c2c(c1)cc(Cl)c1cccn12. The number of hydrogen-bond donors (Lipinski definition) is 1. The van der Waals surface area contributed by atoms with Crippen molar-refractivity contribution in [3.8, 4) is 6.07 Å². The van der Waals surface area contributed by atoms with Gasteiger partial charge in [0.1, 0.15) is 6.10 Å². The molecule has 3 nitrogen and oxygen atoms in total. The van der Waals surface area contributed by atoms with Gasteiger partial charge in [-0.2, -0.15) is 5.26 Å². The first kappa shape index (κ1) is 14.8. The Bertz CT molecular complexity index is 1090. The fraction of sp³-hybridized carbons (Fsp3) is 0.0500. The van der Waals surface area contributed by atoms with Gasteiger partial charge in [-0.05, 0) is 35.9 Å². The zero-order valence-corrected chi connectivity index (χ0v) is 13.4. The quantitative estimate of drug-likeness (QED) is 0.578. The van der Waals surface area contributed by atoms with Crippen LogP contribution in [-0.2, 0) is 0 Å². The van der Waals surface area contributed by atoms with Crippen molar-refractivity contribution >= 4 is 28.0 Å². The Kier molecular flexibility index (Phi) is 3.50. The Morgan fingerprint density at radius 1 is 1.04 bits per heavy atom. The second-order valence-electron chi connectivity index (χ2n) is 5.68. The van der Waals surface area contributed by atoms with Crippen LogP contribution in [0.4, 0.5) is 0 Å². The summed E-state index contributed by atoms with van der Waals surface area (Å²) in [6.07, 6.45) is 1.09. The monoisotopic (exact) mass is 332 g/mol. The van der Waals surface area contributed by atoms with Crippen LogP contribution in [0.3, 0.4) is 0 Å². The van der Waals surface area contributed by atoms with E-state index in [4.69, 9.17) is 11.6 Å². The Labute approximate surface area is 144 Å². The molecular formula is C20H13ClN2O. The maximum atomic E-state index is 10.9. The molecule has 2 aromatic carbocycles. The summed E-state index contributed by atoms with van der Waals surface area (Å²) < 4.78 is 1.96. The fourth-order valence-electron chi connectivity index (χ4n) is 3.14. The molecule has 0 radical (unpaired) electrons. The van der Waals surface area contributed by atoms with Crippen LogP contribution in [0.25, 0.3) is 16.4 Å². The lowest BCUT2D eigenvalue weighted by molar-refractivity contribution is 0.221. The van der Waals surface area contributed by atoms with Gasteiger partial charge < -0.3 is 9.51 Å². The van der Waals surface area contributed by atoms with E-state index in [1.54, 1.807) is 12.1 Å². The molecule has 1 unspecified atom stereocenters. The Balaban J connectivity index is 2.10. The predicted octanol–water partition coefficient (Wildman–Crippen LogP) is 4.70. The molecule has 1 N–H and O–H groups in total. The van der Waals surface area contributed by atoms with Crippen LogP contribution in [0, 0.1) is 11.3 Å². The summed E-state index contributed by atoms with van der Waals surface area (Å²) in [5.41, 5.74) is 3.69. The number of benzene rings is 2. The van der Waals surface area contributed by atoms with Gasteiger partial charge in [-0.1, -0.05) is 41.9 Å². The number of halogens is 1. The van der Waals surface area contributed by atoms with Crippen LogP contribution in [0.1, 0.15) is 22.8 Å². The molecule has 0 amide bonds. The summed E-state index contributed by atoms with van der Waals surface area (Å²) >= 11 is 6.36. The van der Waals surface area contributed by atoms with Gasteiger partial charge >= 0.3 is 0 Å². The zero-order chi connectivity index (χ0) is 16.7. The number of pyridine rings is 1. The lowest BCUT2D eigenvalue weighted by atomic mass is 9.96. The smallest absolute Gasteiger partial charge is 0.106 e. The van der Waals surface area contributed by atoms with Gasteiger partial charge in [0.15, 0.2) is 0 Å². The lowest BCUT2D eigenvalue weighted by Gasteiger charge is -2.17. The maximum absolute atomic E-state index is 10.9. The minimum atomic E-state index is -0.825. The van der Waals surface area contributed by atoms with Crippen molar-refractivity contribution in [2.45, 2.75) is 6.10 Å². The molecule has 0 aliphatic rings. The van der Waals surface area contributed by atoms with Crippen molar-refractivity contribution in [1.29, 1.82) is 5.26 Å². The Hall–Kier alpha value is -2.80.